The van der Waals surface area contributed by atoms with E-state index < -0.39 is 5.79 Å². The molecule has 0 aliphatic carbocycles. The highest BCUT2D eigenvalue weighted by Gasteiger charge is 2.42. The molecule has 7 nitrogen and oxygen atoms in total. The third-order valence-electron chi connectivity index (χ3n) is 5.71. The van der Waals surface area contributed by atoms with Crippen LogP contribution in [0.1, 0.15) is 42.1 Å². The molecular weight excluding hydrogens is 395 g/mol. The quantitative estimate of drug-likeness (QED) is 0.702. The van der Waals surface area contributed by atoms with Crippen molar-refractivity contribution in [3.05, 3.63) is 46.3 Å². The molecule has 3 aromatic rings. The van der Waals surface area contributed by atoms with E-state index in [1.165, 1.54) is 28.0 Å². The molecule has 5 rings (SSSR count). The van der Waals surface area contributed by atoms with Crippen LogP contribution in [0, 0.1) is 5.82 Å². The fraction of sp³-hybridized carbons (Fsp3) is 0.500. The molecule has 1 N–H and O–H groups in total. The molecule has 1 aromatic carbocycles. The van der Waals surface area contributed by atoms with Crippen LogP contribution in [0.3, 0.4) is 0 Å². The van der Waals surface area contributed by atoms with Crippen molar-refractivity contribution in [2.24, 2.45) is 0 Å². The summed E-state index contributed by atoms with van der Waals surface area (Å²) in [7, 11) is 0. The van der Waals surface area contributed by atoms with Crippen LogP contribution in [0.25, 0.3) is 4.96 Å². The third-order valence-corrected chi connectivity index (χ3v) is 6.78. The summed E-state index contributed by atoms with van der Waals surface area (Å²) < 4.78 is 27.2. The van der Waals surface area contributed by atoms with Crippen LogP contribution in [-0.2, 0) is 15.9 Å². The minimum Gasteiger partial charge on any atom is -0.492 e. The number of piperidine rings is 1. The Bertz CT molecular complexity index is 1020. The van der Waals surface area contributed by atoms with Gasteiger partial charge >= 0.3 is 0 Å². The standard InChI is InChI=1S/C20H23FN4O3S/c1-2-15-22-19-25(23-15)18(26)17(29-19)16(13-4-3-5-14(21)12-13)24-8-6-20(7-9-24)27-10-11-28-20/h3-5,12,16,26H,2,6-11H2,1H3/t16-/m0/s1. The third kappa shape index (κ3) is 3.31. The number of aromatic hydroxyl groups is 1. The molecule has 4 heterocycles. The van der Waals surface area contributed by atoms with Gasteiger partial charge in [-0.05, 0) is 17.7 Å². The van der Waals surface area contributed by atoms with Crippen molar-refractivity contribution in [1.29, 1.82) is 0 Å². The molecule has 0 amide bonds. The van der Waals surface area contributed by atoms with Gasteiger partial charge in [0.1, 0.15) is 5.82 Å². The minimum atomic E-state index is -0.493. The summed E-state index contributed by atoms with van der Waals surface area (Å²) in [6.45, 7) is 4.66. The van der Waals surface area contributed by atoms with Crippen LogP contribution in [0.2, 0.25) is 0 Å². The lowest BCUT2D eigenvalue weighted by Crippen LogP contribution is -2.46. The van der Waals surface area contributed by atoms with Gasteiger partial charge in [0.2, 0.25) is 10.8 Å². The van der Waals surface area contributed by atoms with E-state index in [1.807, 2.05) is 13.0 Å². The highest BCUT2D eigenvalue weighted by molar-refractivity contribution is 7.17. The van der Waals surface area contributed by atoms with Crippen molar-refractivity contribution in [3.63, 3.8) is 0 Å². The Morgan fingerprint density at radius 1 is 1.28 bits per heavy atom. The molecule has 9 heteroatoms. The van der Waals surface area contributed by atoms with Gasteiger partial charge in [-0.2, -0.15) is 4.52 Å². The average Bonchev–Trinajstić information content (AvgIpc) is 3.42. The largest absolute Gasteiger partial charge is 0.492 e. The van der Waals surface area contributed by atoms with Gasteiger partial charge in [0, 0.05) is 32.4 Å². The summed E-state index contributed by atoms with van der Waals surface area (Å²) in [4.78, 5) is 8.10. The molecule has 1 atom stereocenters. The number of rotatable bonds is 4. The predicted molar refractivity (Wildman–Crippen MR) is 106 cm³/mol. The molecule has 2 fully saturated rings. The first-order chi connectivity index (χ1) is 14.1. The molecule has 0 saturated carbocycles. The van der Waals surface area contributed by atoms with Crippen molar-refractivity contribution in [1.82, 2.24) is 19.5 Å². The first kappa shape index (κ1) is 18.9. The average molecular weight is 418 g/mol. The van der Waals surface area contributed by atoms with Crippen molar-refractivity contribution < 1.29 is 19.0 Å². The number of benzene rings is 1. The Hall–Kier alpha value is -2.07. The van der Waals surface area contributed by atoms with Gasteiger partial charge in [0.05, 0.1) is 24.1 Å². The van der Waals surface area contributed by atoms with E-state index in [9.17, 15) is 9.50 Å². The summed E-state index contributed by atoms with van der Waals surface area (Å²) in [6.07, 6.45) is 2.17. The van der Waals surface area contributed by atoms with Gasteiger partial charge in [-0.15, -0.1) is 5.10 Å². The van der Waals surface area contributed by atoms with Gasteiger partial charge in [0.15, 0.2) is 11.6 Å². The van der Waals surface area contributed by atoms with Crippen LogP contribution in [0.5, 0.6) is 5.88 Å². The second-order valence-corrected chi connectivity index (χ2v) is 8.48. The summed E-state index contributed by atoms with van der Waals surface area (Å²) in [5, 5.41) is 15.3. The zero-order valence-corrected chi connectivity index (χ0v) is 17.0. The highest BCUT2D eigenvalue weighted by Crippen LogP contribution is 2.43. The molecule has 154 valence electrons. The number of aromatic nitrogens is 3. The van der Waals surface area contributed by atoms with E-state index in [0.717, 1.165) is 23.3 Å². The normalized spacial score (nSPS) is 20.6. The van der Waals surface area contributed by atoms with E-state index in [1.54, 1.807) is 6.07 Å². The van der Waals surface area contributed by atoms with E-state index in [4.69, 9.17) is 9.47 Å². The lowest BCUT2D eigenvalue weighted by Gasteiger charge is -2.41. The number of thiazole rings is 1. The monoisotopic (exact) mass is 418 g/mol. The second kappa shape index (κ2) is 7.32. The minimum absolute atomic E-state index is 0.0696. The predicted octanol–water partition coefficient (Wildman–Crippen LogP) is 3.13. The van der Waals surface area contributed by atoms with Crippen LogP contribution < -0.4 is 0 Å². The molecule has 29 heavy (non-hydrogen) atoms. The first-order valence-corrected chi connectivity index (χ1v) is 10.7. The Kier molecular flexibility index (Phi) is 4.78. The van der Waals surface area contributed by atoms with Crippen LogP contribution in [0.15, 0.2) is 24.3 Å². The number of hydrogen-bond donors (Lipinski definition) is 1. The molecule has 1 spiro atoms. The molecule has 2 aliphatic rings. The Morgan fingerprint density at radius 3 is 2.69 bits per heavy atom. The molecule has 0 bridgehead atoms. The zero-order chi connectivity index (χ0) is 20.0. The van der Waals surface area contributed by atoms with Gasteiger partial charge in [0.25, 0.3) is 0 Å². The number of ether oxygens (including phenoxy) is 2. The lowest BCUT2D eigenvalue weighted by atomic mass is 9.97. The topological polar surface area (TPSA) is 72.1 Å². The Labute approximate surface area is 171 Å². The fourth-order valence-corrected chi connectivity index (χ4v) is 5.37. The fourth-order valence-electron chi connectivity index (χ4n) is 4.23. The molecule has 0 unspecified atom stereocenters. The zero-order valence-electron chi connectivity index (χ0n) is 16.2. The molecule has 0 radical (unpaired) electrons. The van der Waals surface area contributed by atoms with E-state index in [0.29, 0.717) is 43.5 Å². The van der Waals surface area contributed by atoms with Crippen LogP contribution in [0.4, 0.5) is 4.39 Å². The van der Waals surface area contributed by atoms with Crippen molar-refractivity contribution >= 4 is 16.3 Å². The van der Waals surface area contributed by atoms with Crippen molar-refractivity contribution in [2.75, 3.05) is 26.3 Å². The SMILES string of the molecule is CCc1nc2sc([C@H](c3cccc(F)c3)N3CCC4(CC3)OCCO4)c(O)n2n1. The van der Waals surface area contributed by atoms with Gasteiger partial charge < -0.3 is 14.6 Å². The molecule has 2 aliphatic heterocycles. The van der Waals surface area contributed by atoms with Gasteiger partial charge in [-0.1, -0.05) is 30.4 Å². The smallest absolute Gasteiger partial charge is 0.230 e. The second-order valence-electron chi connectivity index (χ2n) is 7.47. The van der Waals surface area contributed by atoms with E-state index in [-0.39, 0.29) is 17.7 Å². The van der Waals surface area contributed by atoms with Gasteiger partial charge in [-0.3, -0.25) is 4.90 Å². The summed E-state index contributed by atoms with van der Waals surface area (Å²) in [5.74, 6) is -0.0289. The molecule has 2 aromatic heterocycles. The van der Waals surface area contributed by atoms with E-state index >= 15 is 0 Å². The number of likely N-dealkylation sites (tertiary alicyclic amines) is 1. The molecular formula is C20H23FN4O3S. The first-order valence-electron chi connectivity index (χ1n) is 9.93. The Balaban J connectivity index is 1.53. The summed E-state index contributed by atoms with van der Waals surface area (Å²) >= 11 is 1.40. The van der Waals surface area contributed by atoms with Crippen molar-refractivity contribution in [2.45, 2.75) is 38.0 Å². The number of hydrogen-bond acceptors (Lipinski definition) is 7. The molecule has 2 saturated heterocycles. The maximum Gasteiger partial charge on any atom is 0.230 e. The maximum absolute atomic E-state index is 14.0. The van der Waals surface area contributed by atoms with Crippen LogP contribution >= 0.6 is 11.3 Å². The van der Waals surface area contributed by atoms with Crippen molar-refractivity contribution in [3.8, 4) is 5.88 Å². The number of aryl methyl sites for hydroxylation is 1. The Morgan fingerprint density at radius 2 is 2.03 bits per heavy atom. The maximum atomic E-state index is 14.0. The number of nitrogens with zero attached hydrogens (tertiary/aromatic N) is 4. The lowest BCUT2D eigenvalue weighted by molar-refractivity contribution is -0.187. The van der Waals surface area contributed by atoms with E-state index in [2.05, 4.69) is 15.0 Å². The van der Waals surface area contributed by atoms with Crippen LogP contribution in [-0.4, -0.2) is 56.7 Å². The number of fused-ring (bicyclic) bond motifs is 1. The summed E-state index contributed by atoms with van der Waals surface area (Å²) in [5.41, 5.74) is 0.796. The number of halogens is 1. The summed E-state index contributed by atoms with van der Waals surface area (Å²) in [6, 6.07) is 6.28. The van der Waals surface area contributed by atoms with Gasteiger partial charge in [-0.25, -0.2) is 9.37 Å². The highest BCUT2D eigenvalue weighted by atomic mass is 32.1.